The number of aromatic nitrogens is 1. The van der Waals surface area contributed by atoms with E-state index in [1.54, 1.807) is 30.5 Å². The molecule has 2 aliphatic rings. The van der Waals surface area contributed by atoms with Gasteiger partial charge in [-0.3, -0.25) is 43.3 Å². The second-order valence-electron chi connectivity index (χ2n) is 19.8. The summed E-state index contributed by atoms with van der Waals surface area (Å²) < 4.78 is 0. The predicted octanol–water partition coefficient (Wildman–Crippen LogP) is 2.32. The lowest BCUT2D eigenvalue weighted by Crippen LogP contribution is -2.66. The highest BCUT2D eigenvalue weighted by atomic mass is 16.2. The molecule has 1 aliphatic heterocycles. The third kappa shape index (κ3) is 16.6. The summed E-state index contributed by atoms with van der Waals surface area (Å²) in [4.78, 5) is 121. The number of nitrogens with zero attached hydrogens (tertiary/aromatic N) is 1. The highest BCUT2D eigenvalue weighted by Crippen LogP contribution is 2.39. The molecule has 0 bridgehead atoms. The first-order valence-corrected chi connectivity index (χ1v) is 26.1. The lowest BCUT2D eigenvalue weighted by Gasteiger charge is -2.41. The van der Waals surface area contributed by atoms with E-state index in [9.17, 15) is 33.6 Å². The molecule has 75 heavy (non-hydrogen) atoms. The summed E-state index contributed by atoms with van der Waals surface area (Å²) in [6.07, 6.45) is 4.77. The number of carbonyl (C=O) groups excluding carboxylic acids is 8. The molecule has 3 aromatic carbocycles. The zero-order valence-corrected chi connectivity index (χ0v) is 43.0. The van der Waals surface area contributed by atoms with Gasteiger partial charge in [-0.05, 0) is 99.8 Å². The van der Waals surface area contributed by atoms with Crippen molar-refractivity contribution in [3.8, 4) is 0 Å². The van der Waals surface area contributed by atoms with E-state index in [0.29, 0.717) is 49.7 Å². The van der Waals surface area contributed by atoms with Crippen LogP contribution in [-0.2, 0) is 51.2 Å². The van der Waals surface area contributed by atoms with Crippen LogP contribution in [0.15, 0.2) is 90.1 Å². The van der Waals surface area contributed by atoms with Gasteiger partial charge in [-0.25, -0.2) is 0 Å². The summed E-state index contributed by atoms with van der Waals surface area (Å²) in [6, 6.07) is 18.1. The van der Waals surface area contributed by atoms with E-state index in [1.807, 2.05) is 68.4 Å². The lowest BCUT2D eigenvalue weighted by molar-refractivity contribution is -0.140. The van der Waals surface area contributed by atoms with Crippen molar-refractivity contribution in [3.63, 3.8) is 0 Å². The minimum Gasteiger partial charge on any atom is -0.370 e. The fraction of sp³-hybridized carbons (Fsp3) is 0.473. The molecule has 20 heteroatoms. The van der Waals surface area contributed by atoms with Crippen LogP contribution in [-0.4, -0.2) is 107 Å². The van der Waals surface area contributed by atoms with Gasteiger partial charge in [0.05, 0.1) is 6.42 Å². The first-order chi connectivity index (χ1) is 36.0. The molecule has 402 valence electrons. The number of aliphatic imine (C=N–C) groups is 1. The Hall–Kier alpha value is -7.77. The van der Waals surface area contributed by atoms with Crippen LogP contribution in [0.5, 0.6) is 0 Å². The normalized spacial score (nSPS) is 23.9. The summed E-state index contributed by atoms with van der Waals surface area (Å²) in [5.74, 6) is -5.55. The van der Waals surface area contributed by atoms with E-state index in [4.69, 9.17) is 17.2 Å². The Bertz CT molecular complexity index is 2640. The molecule has 0 radical (unpaired) electrons. The molecule has 20 nitrogen and oxygen atoms in total. The predicted molar refractivity (Wildman–Crippen MR) is 285 cm³/mol. The molecular weight excluding hydrogens is 957 g/mol. The minimum atomic E-state index is -1.61. The smallest absolute Gasteiger partial charge is 0.246 e. The van der Waals surface area contributed by atoms with Crippen molar-refractivity contribution in [1.29, 1.82) is 0 Å². The summed E-state index contributed by atoms with van der Waals surface area (Å²) in [6.45, 7) is 4.14. The zero-order chi connectivity index (χ0) is 53.9. The number of fused-ring (bicyclic) bond motifs is 1. The molecule has 8 amide bonds. The van der Waals surface area contributed by atoms with Gasteiger partial charge in [0.2, 0.25) is 47.3 Å². The molecule has 0 unspecified atom stereocenters. The number of aryl methyl sites for hydroxylation is 1. The topological polar surface area (TPSA) is 327 Å². The number of unbranched alkanes of at least 4 members (excludes halogenated alkanes) is 1. The molecule has 1 aliphatic carbocycles. The van der Waals surface area contributed by atoms with Crippen LogP contribution in [0, 0.1) is 6.92 Å². The standard InChI is InChI=1S/C55H74N12O8/c1-3-4-19-46(68)62-45-32-47(69)59-28-11-10-17-41(48(56)70)63-51(73)44(31-38-33-61-40-16-9-8-15-39(38)40)65-49(71)42(18-12-29-60-54(57)58)64-50(72)43(30-35-13-6-5-7-14-35)66-53(75)55(67-52(45)74)26-24-37(25-27-55)36-22-20-34(2)21-23-36/h5-9,13-16,20-23,33,37,41-45,61H,3-4,10-12,17-19,24-32H2,1-2H3,(H2,56,70)(H,59,69)(H,62,68)(H,63,73)(H,64,72)(H,65,71)(H,66,75)(H,67,74)(H4,57,58,60)/t37?,41-,42-,43+,44-,45-,55?/m0/s1. The molecule has 1 saturated carbocycles. The highest BCUT2D eigenvalue weighted by molar-refractivity contribution is 6.00. The number of para-hydroxylation sites is 1. The Morgan fingerprint density at radius 2 is 1.40 bits per heavy atom. The number of guanidine groups is 1. The minimum absolute atomic E-state index is 0.00972. The number of primary amides is 1. The Kier molecular flexibility index (Phi) is 20.7. The second kappa shape index (κ2) is 27.5. The fourth-order valence-corrected chi connectivity index (χ4v) is 9.75. The van der Waals surface area contributed by atoms with Gasteiger partial charge in [-0.1, -0.05) is 91.7 Å². The van der Waals surface area contributed by atoms with Crippen molar-refractivity contribution < 1.29 is 38.4 Å². The largest absolute Gasteiger partial charge is 0.370 e. The molecule has 2 heterocycles. The number of carbonyl (C=O) groups is 8. The Balaban J connectivity index is 1.39. The van der Waals surface area contributed by atoms with Gasteiger partial charge >= 0.3 is 0 Å². The maximum Gasteiger partial charge on any atom is 0.246 e. The highest BCUT2D eigenvalue weighted by Gasteiger charge is 2.46. The van der Waals surface area contributed by atoms with Crippen LogP contribution in [0.1, 0.15) is 119 Å². The second-order valence-corrected chi connectivity index (χ2v) is 19.8. The van der Waals surface area contributed by atoms with E-state index in [0.717, 1.165) is 22.0 Å². The van der Waals surface area contributed by atoms with Crippen LogP contribution in [0.4, 0.5) is 0 Å². The number of hydrogen-bond acceptors (Lipinski definition) is 9. The third-order valence-electron chi connectivity index (χ3n) is 14.1. The molecule has 14 N–H and O–H groups in total. The number of hydrogen-bond donors (Lipinski definition) is 11. The number of benzene rings is 3. The number of nitrogens with one attached hydrogen (secondary N) is 8. The average molecular weight is 1030 g/mol. The van der Waals surface area contributed by atoms with Crippen molar-refractivity contribution >= 4 is 64.1 Å². The van der Waals surface area contributed by atoms with Crippen LogP contribution in [0.25, 0.3) is 10.9 Å². The van der Waals surface area contributed by atoms with E-state index < -0.39 is 89.4 Å². The number of nitrogens with two attached hydrogens (primary N) is 3. The SMILES string of the molecule is CCCCC(=O)N[C@H]1CC(=O)NCCCC[C@@H](C(N)=O)NC(=O)[C@H](Cc2c[nH]c3ccccc23)NC(=O)[C@H](CCCN=C(N)N)NC(=O)[C@@H](Cc2ccccc2)NC(=O)C2(CCC(c3ccc(C)cc3)CC2)NC1=O. The summed E-state index contributed by atoms with van der Waals surface area (Å²) >= 11 is 0. The molecule has 1 saturated heterocycles. The van der Waals surface area contributed by atoms with E-state index in [2.05, 4.69) is 47.2 Å². The van der Waals surface area contributed by atoms with Crippen molar-refractivity contribution in [1.82, 2.24) is 42.2 Å². The van der Waals surface area contributed by atoms with Crippen LogP contribution >= 0.6 is 0 Å². The lowest BCUT2D eigenvalue weighted by atomic mass is 9.73. The molecule has 1 spiro atoms. The van der Waals surface area contributed by atoms with Gasteiger partial charge in [0, 0.05) is 49.5 Å². The number of amides is 8. The molecule has 5 atom stereocenters. The van der Waals surface area contributed by atoms with Gasteiger partial charge in [0.1, 0.15) is 35.7 Å². The van der Waals surface area contributed by atoms with Crippen molar-refractivity contribution in [2.75, 3.05) is 13.1 Å². The van der Waals surface area contributed by atoms with Crippen LogP contribution in [0.3, 0.4) is 0 Å². The molecule has 4 aromatic rings. The first-order valence-electron chi connectivity index (χ1n) is 26.1. The van der Waals surface area contributed by atoms with Gasteiger partial charge in [0.15, 0.2) is 5.96 Å². The zero-order valence-electron chi connectivity index (χ0n) is 43.0. The van der Waals surface area contributed by atoms with Crippen molar-refractivity contribution in [3.05, 3.63) is 107 Å². The van der Waals surface area contributed by atoms with Crippen molar-refractivity contribution in [2.24, 2.45) is 22.2 Å². The van der Waals surface area contributed by atoms with E-state index >= 15 is 4.79 Å². The van der Waals surface area contributed by atoms with Gasteiger partial charge in [-0.2, -0.15) is 0 Å². The maximum absolute atomic E-state index is 15.2. The van der Waals surface area contributed by atoms with Crippen LogP contribution in [0.2, 0.25) is 0 Å². The maximum atomic E-state index is 15.2. The molecule has 2 fully saturated rings. The van der Waals surface area contributed by atoms with Crippen molar-refractivity contribution in [2.45, 2.75) is 152 Å². The monoisotopic (exact) mass is 1030 g/mol. The first kappa shape index (κ1) is 56.5. The fourth-order valence-electron chi connectivity index (χ4n) is 9.75. The van der Waals surface area contributed by atoms with E-state index in [-0.39, 0.29) is 76.3 Å². The number of rotatable bonds is 14. The average Bonchev–Trinajstić information content (AvgIpc) is 3.80. The Morgan fingerprint density at radius 3 is 2.11 bits per heavy atom. The van der Waals surface area contributed by atoms with Gasteiger partial charge in [0.25, 0.3) is 0 Å². The number of H-pyrrole nitrogens is 1. The molecule has 6 rings (SSSR count). The molecule has 1 aromatic heterocycles. The quantitative estimate of drug-likeness (QED) is 0.0498. The Labute approximate surface area is 437 Å². The Morgan fingerprint density at radius 1 is 0.733 bits per heavy atom. The van der Waals surface area contributed by atoms with Gasteiger partial charge in [-0.15, -0.1) is 0 Å². The van der Waals surface area contributed by atoms with Crippen LogP contribution < -0.4 is 54.4 Å². The summed E-state index contributed by atoms with van der Waals surface area (Å²) in [5, 5.41) is 20.7. The molecular formula is C55H74N12O8. The number of aromatic amines is 1. The summed E-state index contributed by atoms with van der Waals surface area (Å²) in [5.41, 5.74) is 19.8. The summed E-state index contributed by atoms with van der Waals surface area (Å²) in [7, 11) is 0. The third-order valence-corrected chi connectivity index (χ3v) is 14.1. The van der Waals surface area contributed by atoms with Gasteiger partial charge < -0.3 is 59.4 Å². The van der Waals surface area contributed by atoms with E-state index in [1.165, 1.54) is 0 Å².